The molecule has 0 amide bonds. The van der Waals surface area contributed by atoms with Gasteiger partial charge < -0.3 is 5.73 Å². The summed E-state index contributed by atoms with van der Waals surface area (Å²) in [5, 5.41) is 4.41. The standard InChI is InChI=1S/C13H19NS/c14-13(2-1-9-3-4-15-8-9)12-6-10-5-11(10)7-12/h3-4,8,10-13H,1-2,5-7,14H2. The van der Waals surface area contributed by atoms with Gasteiger partial charge >= 0.3 is 0 Å². The van der Waals surface area contributed by atoms with E-state index in [9.17, 15) is 0 Å². The molecular formula is C13H19NS. The molecule has 0 aliphatic heterocycles. The third-order valence-corrected chi connectivity index (χ3v) is 4.96. The van der Waals surface area contributed by atoms with Crippen molar-refractivity contribution in [2.45, 2.75) is 38.1 Å². The van der Waals surface area contributed by atoms with Crippen LogP contribution in [0.4, 0.5) is 0 Å². The molecule has 3 unspecified atom stereocenters. The quantitative estimate of drug-likeness (QED) is 0.831. The van der Waals surface area contributed by atoms with Crippen molar-refractivity contribution < 1.29 is 0 Å². The molecule has 1 nitrogen and oxygen atoms in total. The van der Waals surface area contributed by atoms with Crippen molar-refractivity contribution in [3.05, 3.63) is 22.4 Å². The van der Waals surface area contributed by atoms with E-state index in [-0.39, 0.29) is 0 Å². The van der Waals surface area contributed by atoms with Gasteiger partial charge in [0.15, 0.2) is 0 Å². The van der Waals surface area contributed by atoms with Crippen LogP contribution in [0, 0.1) is 17.8 Å². The van der Waals surface area contributed by atoms with Crippen molar-refractivity contribution in [2.24, 2.45) is 23.5 Å². The van der Waals surface area contributed by atoms with Crippen LogP contribution >= 0.6 is 11.3 Å². The summed E-state index contributed by atoms with van der Waals surface area (Å²) in [4.78, 5) is 0. The van der Waals surface area contributed by atoms with E-state index < -0.39 is 0 Å². The first-order valence-corrected chi connectivity index (χ1v) is 7.04. The van der Waals surface area contributed by atoms with Gasteiger partial charge in [0, 0.05) is 6.04 Å². The van der Waals surface area contributed by atoms with E-state index in [1.54, 1.807) is 11.3 Å². The van der Waals surface area contributed by atoms with E-state index in [1.165, 1.54) is 37.7 Å². The minimum absolute atomic E-state index is 0.456. The molecule has 3 atom stereocenters. The first-order valence-electron chi connectivity index (χ1n) is 6.09. The van der Waals surface area contributed by atoms with Gasteiger partial charge in [0.2, 0.25) is 0 Å². The second kappa shape index (κ2) is 3.91. The molecule has 15 heavy (non-hydrogen) atoms. The minimum atomic E-state index is 0.456. The van der Waals surface area contributed by atoms with E-state index in [1.807, 2.05) is 0 Å². The normalized spacial score (nSPS) is 35.1. The fourth-order valence-electron chi connectivity index (χ4n) is 3.12. The average Bonchev–Trinajstić information content (AvgIpc) is 2.75. The molecule has 2 fully saturated rings. The molecule has 3 rings (SSSR count). The SMILES string of the molecule is NC(CCc1ccsc1)C1CC2CC2C1. The third kappa shape index (κ3) is 2.11. The number of fused-ring (bicyclic) bond motifs is 1. The van der Waals surface area contributed by atoms with Crippen molar-refractivity contribution in [1.29, 1.82) is 0 Å². The first kappa shape index (κ1) is 9.86. The molecule has 1 aromatic heterocycles. The molecule has 0 aromatic carbocycles. The minimum Gasteiger partial charge on any atom is -0.327 e. The van der Waals surface area contributed by atoms with Crippen LogP contribution in [-0.2, 0) is 6.42 Å². The zero-order valence-electron chi connectivity index (χ0n) is 9.06. The van der Waals surface area contributed by atoms with E-state index in [0.717, 1.165) is 17.8 Å². The molecule has 0 bridgehead atoms. The molecule has 2 heteroatoms. The van der Waals surface area contributed by atoms with E-state index in [2.05, 4.69) is 16.8 Å². The summed E-state index contributed by atoms with van der Waals surface area (Å²) in [5.41, 5.74) is 7.75. The van der Waals surface area contributed by atoms with Crippen LogP contribution in [0.2, 0.25) is 0 Å². The van der Waals surface area contributed by atoms with Gasteiger partial charge in [0.25, 0.3) is 0 Å². The molecule has 2 aliphatic carbocycles. The monoisotopic (exact) mass is 221 g/mol. The summed E-state index contributed by atoms with van der Waals surface area (Å²) < 4.78 is 0. The Hall–Kier alpha value is -0.340. The number of hydrogen-bond acceptors (Lipinski definition) is 2. The second-order valence-corrected chi connectivity index (χ2v) is 6.10. The largest absolute Gasteiger partial charge is 0.327 e. The molecule has 0 saturated heterocycles. The topological polar surface area (TPSA) is 26.0 Å². The summed E-state index contributed by atoms with van der Waals surface area (Å²) >= 11 is 1.79. The van der Waals surface area contributed by atoms with Crippen molar-refractivity contribution in [1.82, 2.24) is 0 Å². The Morgan fingerprint density at radius 1 is 1.33 bits per heavy atom. The number of hydrogen-bond donors (Lipinski definition) is 1. The lowest BCUT2D eigenvalue weighted by molar-refractivity contribution is 0.377. The summed E-state index contributed by atoms with van der Waals surface area (Å²) in [6, 6.07) is 2.68. The highest BCUT2D eigenvalue weighted by Gasteiger charge is 2.46. The van der Waals surface area contributed by atoms with Crippen LogP contribution in [-0.4, -0.2) is 6.04 Å². The van der Waals surface area contributed by atoms with E-state index >= 15 is 0 Å². The predicted octanol–water partition coefficient (Wildman–Crippen LogP) is 3.05. The number of thiophene rings is 1. The fourth-order valence-corrected chi connectivity index (χ4v) is 3.82. The Bertz CT molecular complexity index is 309. The van der Waals surface area contributed by atoms with Crippen LogP contribution in [0.15, 0.2) is 16.8 Å². The lowest BCUT2D eigenvalue weighted by Gasteiger charge is -2.20. The van der Waals surface area contributed by atoms with Crippen molar-refractivity contribution in [3.63, 3.8) is 0 Å². The molecule has 2 saturated carbocycles. The molecule has 1 heterocycles. The zero-order valence-corrected chi connectivity index (χ0v) is 9.88. The van der Waals surface area contributed by atoms with Crippen molar-refractivity contribution in [3.8, 4) is 0 Å². The van der Waals surface area contributed by atoms with Crippen LogP contribution in [0.5, 0.6) is 0 Å². The Kier molecular flexibility index (Phi) is 2.57. The molecular weight excluding hydrogens is 202 g/mol. The lowest BCUT2D eigenvalue weighted by atomic mass is 9.91. The summed E-state index contributed by atoms with van der Waals surface area (Å²) in [5.74, 6) is 2.98. The molecule has 2 N–H and O–H groups in total. The predicted molar refractivity (Wildman–Crippen MR) is 64.9 cm³/mol. The Morgan fingerprint density at radius 2 is 2.13 bits per heavy atom. The zero-order chi connectivity index (χ0) is 10.3. The highest BCUT2D eigenvalue weighted by Crippen LogP contribution is 2.55. The van der Waals surface area contributed by atoms with Gasteiger partial charge in [-0.1, -0.05) is 0 Å². The van der Waals surface area contributed by atoms with Gasteiger partial charge in [-0.2, -0.15) is 11.3 Å². The molecule has 1 aromatic rings. The smallest absolute Gasteiger partial charge is 0.00705 e. The van der Waals surface area contributed by atoms with Gasteiger partial charge in [-0.15, -0.1) is 0 Å². The Morgan fingerprint density at radius 3 is 2.80 bits per heavy atom. The molecule has 0 radical (unpaired) electrons. The number of aryl methyl sites for hydroxylation is 1. The van der Waals surface area contributed by atoms with Gasteiger partial charge in [-0.3, -0.25) is 0 Å². The van der Waals surface area contributed by atoms with Gasteiger partial charge in [-0.05, 0) is 72.2 Å². The van der Waals surface area contributed by atoms with Crippen LogP contribution in [0.3, 0.4) is 0 Å². The fraction of sp³-hybridized carbons (Fsp3) is 0.692. The van der Waals surface area contributed by atoms with Crippen molar-refractivity contribution >= 4 is 11.3 Å². The van der Waals surface area contributed by atoms with E-state index in [4.69, 9.17) is 5.73 Å². The highest BCUT2D eigenvalue weighted by atomic mass is 32.1. The summed E-state index contributed by atoms with van der Waals surface area (Å²) in [7, 11) is 0. The Labute approximate surface area is 95.7 Å². The molecule has 0 spiro atoms. The third-order valence-electron chi connectivity index (χ3n) is 4.23. The Balaban J connectivity index is 1.47. The maximum atomic E-state index is 6.28. The van der Waals surface area contributed by atoms with Gasteiger partial charge in [0.1, 0.15) is 0 Å². The second-order valence-electron chi connectivity index (χ2n) is 5.32. The highest BCUT2D eigenvalue weighted by molar-refractivity contribution is 7.07. The number of rotatable bonds is 4. The maximum Gasteiger partial charge on any atom is 0.00705 e. The molecule has 82 valence electrons. The first-order chi connectivity index (χ1) is 7.33. The van der Waals surface area contributed by atoms with Crippen LogP contribution < -0.4 is 5.73 Å². The van der Waals surface area contributed by atoms with Crippen LogP contribution in [0.25, 0.3) is 0 Å². The van der Waals surface area contributed by atoms with Crippen LogP contribution in [0.1, 0.15) is 31.2 Å². The maximum absolute atomic E-state index is 6.28. The van der Waals surface area contributed by atoms with E-state index in [0.29, 0.717) is 6.04 Å². The molecule has 2 aliphatic rings. The summed E-state index contributed by atoms with van der Waals surface area (Å²) in [6.07, 6.45) is 6.72. The number of nitrogens with two attached hydrogens (primary N) is 1. The van der Waals surface area contributed by atoms with Gasteiger partial charge in [-0.25, -0.2) is 0 Å². The van der Waals surface area contributed by atoms with Crippen molar-refractivity contribution in [2.75, 3.05) is 0 Å². The summed E-state index contributed by atoms with van der Waals surface area (Å²) in [6.45, 7) is 0. The lowest BCUT2D eigenvalue weighted by Crippen LogP contribution is -2.29. The average molecular weight is 221 g/mol. The van der Waals surface area contributed by atoms with Gasteiger partial charge in [0.05, 0.1) is 0 Å².